The summed E-state index contributed by atoms with van der Waals surface area (Å²) in [5.74, 6) is 1.61. The van der Waals surface area contributed by atoms with Crippen molar-refractivity contribution in [2.24, 2.45) is 11.3 Å². The number of hydrogen-bond donors (Lipinski definition) is 0. The molecule has 1 heterocycles. The van der Waals surface area contributed by atoms with Crippen LogP contribution in [0.5, 0.6) is 0 Å². The molecule has 1 aromatic rings. The van der Waals surface area contributed by atoms with E-state index >= 15 is 0 Å². The molecule has 0 atom stereocenters. The Balaban J connectivity index is 0.00000320. The summed E-state index contributed by atoms with van der Waals surface area (Å²) in [6.07, 6.45) is 8.10. The van der Waals surface area contributed by atoms with E-state index < -0.39 is 0 Å². The molecule has 172 valence electrons. The van der Waals surface area contributed by atoms with E-state index in [0.717, 1.165) is 11.8 Å². The molecular weight excluding hydrogens is 390 g/mol. The maximum atomic E-state index is 2.68. The van der Waals surface area contributed by atoms with Crippen LogP contribution in [0.2, 0.25) is 0 Å². The fourth-order valence-electron chi connectivity index (χ4n) is 5.29. The molecule has 1 saturated heterocycles. The highest BCUT2D eigenvalue weighted by atomic mass is 35.5. The Morgan fingerprint density at radius 3 is 2.13 bits per heavy atom. The fraction of sp³-hybridized carbons (Fsp3) is 0.769. The second kappa shape index (κ2) is 11.1. The van der Waals surface area contributed by atoms with Crippen LogP contribution >= 0.6 is 12.4 Å². The lowest BCUT2D eigenvalue weighted by Gasteiger charge is -2.40. The van der Waals surface area contributed by atoms with Gasteiger partial charge >= 0.3 is 0 Å². The van der Waals surface area contributed by atoms with E-state index in [2.05, 4.69) is 74.7 Å². The molecule has 0 unspecified atom stereocenters. The standard InChI is InChI=1S/C26H45N3.ClH/c1-7-8-15-28-16-18-29(19-17-28)25-20-23(27(5)6)13-14-24(25)21-9-11-22(12-10-21)26(2,3)4;/h13-14,20-22H,7-12,15-19H2,1-6H3;1H. The Labute approximate surface area is 192 Å². The summed E-state index contributed by atoms with van der Waals surface area (Å²) >= 11 is 0. The zero-order chi connectivity index (χ0) is 21.0. The summed E-state index contributed by atoms with van der Waals surface area (Å²) < 4.78 is 0. The van der Waals surface area contributed by atoms with Crippen molar-refractivity contribution in [3.63, 3.8) is 0 Å². The molecule has 1 aliphatic carbocycles. The molecule has 3 rings (SSSR count). The predicted molar refractivity (Wildman–Crippen MR) is 136 cm³/mol. The van der Waals surface area contributed by atoms with Crippen molar-refractivity contribution in [1.29, 1.82) is 0 Å². The van der Waals surface area contributed by atoms with Gasteiger partial charge in [0.2, 0.25) is 0 Å². The Hall–Kier alpha value is -0.930. The number of benzene rings is 1. The minimum Gasteiger partial charge on any atom is -0.378 e. The van der Waals surface area contributed by atoms with Gasteiger partial charge in [0.15, 0.2) is 0 Å². The largest absolute Gasteiger partial charge is 0.378 e. The summed E-state index contributed by atoms with van der Waals surface area (Å²) in [5, 5.41) is 0. The van der Waals surface area contributed by atoms with Gasteiger partial charge in [0.05, 0.1) is 0 Å². The normalized spacial score (nSPS) is 23.2. The van der Waals surface area contributed by atoms with E-state index in [1.54, 1.807) is 5.56 Å². The van der Waals surface area contributed by atoms with Gasteiger partial charge in [0.1, 0.15) is 0 Å². The summed E-state index contributed by atoms with van der Waals surface area (Å²) in [7, 11) is 4.33. The molecule has 1 aromatic carbocycles. The Morgan fingerprint density at radius 1 is 0.967 bits per heavy atom. The van der Waals surface area contributed by atoms with E-state index in [-0.39, 0.29) is 12.4 Å². The first-order chi connectivity index (χ1) is 13.8. The van der Waals surface area contributed by atoms with Crippen molar-refractivity contribution in [1.82, 2.24) is 4.90 Å². The van der Waals surface area contributed by atoms with E-state index in [1.165, 1.54) is 82.6 Å². The molecule has 0 amide bonds. The maximum absolute atomic E-state index is 2.68. The number of piperazine rings is 1. The van der Waals surface area contributed by atoms with E-state index in [9.17, 15) is 0 Å². The molecular formula is C26H46ClN3. The molecule has 2 fully saturated rings. The van der Waals surface area contributed by atoms with Crippen LogP contribution in [-0.4, -0.2) is 51.7 Å². The first kappa shape index (κ1) is 25.3. The van der Waals surface area contributed by atoms with Crippen molar-refractivity contribution >= 4 is 23.8 Å². The van der Waals surface area contributed by atoms with Crippen LogP contribution in [0.4, 0.5) is 11.4 Å². The van der Waals surface area contributed by atoms with Crippen molar-refractivity contribution in [2.75, 3.05) is 56.6 Å². The molecule has 0 bridgehead atoms. The van der Waals surface area contributed by atoms with Gasteiger partial charge in [-0.1, -0.05) is 40.2 Å². The van der Waals surface area contributed by atoms with Crippen LogP contribution in [0.25, 0.3) is 0 Å². The van der Waals surface area contributed by atoms with Gasteiger partial charge in [-0.15, -0.1) is 12.4 Å². The molecule has 30 heavy (non-hydrogen) atoms. The molecule has 0 radical (unpaired) electrons. The maximum Gasteiger partial charge on any atom is 0.0423 e. The van der Waals surface area contributed by atoms with Gasteiger partial charge in [-0.2, -0.15) is 0 Å². The SMILES string of the molecule is CCCCN1CCN(c2cc(N(C)C)ccc2C2CCC(C(C)(C)C)CC2)CC1.Cl. The van der Waals surface area contributed by atoms with Gasteiger partial charge in [-0.05, 0) is 73.6 Å². The van der Waals surface area contributed by atoms with Crippen molar-refractivity contribution in [2.45, 2.75) is 72.1 Å². The number of halogens is 1. The van der Waals surface area contributed by atoms with Crippen molar-refractivity contribution in [3.05, 3.63) is 23.8 Å². The summed E-state index contributed by atoms with van der Waals surface area (Å²) in [5.41, 5.74) is 4.92. The van der Waals surface area contributed by atoms with Crippen LogP contribution in [0.15, 0.2) is 18.2 Å². The number of nitrogens with zero attached hydrogens (tertiary/aromatic N) is 3. The van der Waals surface area contributed by atoms with E-state index in [4.69, 9.17) is 0 Å². The lowest BCUT2D eigenvalue weighted by molar-refractivity contribution is 0.169. The minimum atomic E-state index is 0. The van der Waals surface area contributed by atoms with Gasteiger partial charge in [-0.25, -0.2) is 0 Å². The minimum absolute atomic E-state index is 0. The smallest absolute Gasteiger partial charge is 0.0423 e. The van der Waals surface area contributed by atoms with Gasteiger partial charge in [0, 0.05) is 51.6 Å². The van der Waals surface area contributed by atoms with Crippen LogP contribution in [0.3, 0.4) is 0 Å². The zero-order valence-electron chi connectivity index (χ0n) is 20.4. The average molecular weight is 436 g/mol. The second-order valence-electron chi connectivity index (χ2n) is 10.7. The Kier molecular flexibility index (Phi) is 9.36. The lowest BCUT2D eigenvalue weighted by atomic mass is 9.68. The van der Waals surface area contributed by atoms with Crippen molar-refractivity contribution < 1.29 is 0 Å². The number of rotatable bonds is 6. The van der Waals surface area contributed by atoms with Gasteiger partial charge in [0.25, 0.3) is 0 Å². The van der Waals surface area contributed by atoms with Gasteiger partial charge in [-0.3, -0.25) is 4.90 Å². The Bertz CT molecular complexity index is 636. The number of unbranched alkanes of at least 4 members (excludes halogenated alkanes) is 1. The third-order valence-electron chi connectivity index (χ3n) is 7.46. The highest BCUT2D eigenvalue weighted by Gasteiger charge is 2.32. The monoisotopic (exact) mass is 435 g/mol. The fourth-order valence-corrected chi connectivity index (χ4v) is 5.29. The highest BCUT2D eigenvalue weighted by Crippen LogP contribution is 2.45. The van der Waals surface area contributed by atoms with Gasteiger partial charge < -0.3 is 9.80 Å². The zero-order valence-corrected chi connectivity index (χ0v) is 21.2. The third kappa shape index (κ3) is 6.29. The molecule has 3 nitrogen and oxygen atoms in total. The van der Waals surface area contributed by atoms with E-state index in [0.29, 0.717) is 5.41 Å². The van der Waals surface area contributed by atoms with E-state index in [1.807, 2.05) is 0 Å². The topological polar surface area (TPSA) is 9.72 Å². The van der Waals surface area contributed by atoms with Crippen LogP contribution in [0.1, 0.15) is 77.7 Å². The van der Waals surface area contributed by atoms with Crippen LogP contribution in [0, 0.1) is 11.3 Å². The molecule has 0 N–H and O–H groups in total. The molecule has 4 heteroatoms. The molecule has 0 aromatic heterocycles. The average Bonchev–Trinajstić information content (AvgIpc) is 2.71. The molecule has 0 spiro atoms. The quantitative estimate of drug-likeness (QED) is 0.510. The molecule has 1 aliphatic heterocycles. The summed E-state index contributed by atoms with van der Waals surface area (Å²) in [4.78, 5) is 7.59. The first-order valence-corrected chi connectivity index (χ1v) is 12.1. The summed E-state index contributed by atoms with van der Waals surface area (Å²) in [6.45, 7) is 15.6. The molecule has 1 saturated carbocycles. The second-order valence-corrected chi connectivity index (χ2v) is 10.7. The van der Waals surface area contributed by atoms with Crippen LogP contribution < -0.4 is 9.80 Å². The Morgan fingerprint density at radius 2 is 1.60 bits per heavy atom. The highest BCUT2D eigenvalue weighted by molar-refractivity contribution is 5.85. The lowest BCUT2D eigenvalue weighted by Crippen LogP contribution is -2.47. The molecule has 2 aliphatic rings. The number of hydrogen-bond acceptors (Lipinski definition) is 3. The van der Waals surface area contributed by atoms with Crippen LogP contribution in [-0.2, 0) is 0 Å². The third-order valence-corrected chi connectivity index (χ3v) is 7.46. The predicted octanol–water partition coefficient (Wildman–Crippen LogP) is 6.42. The summed E-state index contributed by atoms with van der Waals surface area (Å²) in [6, 6.07) is 7.26. The van der Waals surface area contributed by atoms with Crippen molar-refractivity contribution in [3.8, 4) is 0 Å². The number of anilines is 2. The first-order valence-electron chi connectivity index (χ1n) is 12.1.